The number of rotatable bonds is 2. The minimum Gasteiger partial charge on any atom is -0.104 e. The highest BCUT2D eigenvalue weighted by molar-refractivity contribution is 7.58. The standard InChI is InChI=1S/C9H17P/c1-10(8-4-2-5-8)9-6-3-7-9/h8-9H,2-7H2,1H3. The van der Waals surface area contributed by atoms with E-state index >= 15 is 0 Å². The van der Waals surface area contributed by atoms with Gasteiger partial charge in [0, 0.05) is 0 Å². The molecule has 2 saturated carbocycles. The van der Waals surface area contributed by atoms with E-state index in [0.29, 0.717) is 7.92 Å². The maximum atomic E-state index is 2.54. The summed E-state index contributed by atoms with van der Waals surface area (Å²) in [6.45, 7) is 2.54. The molecule has 58 valence electrons. The van der Waals surface area contributed by atoms with Crippen molar-refractivity contribution in [2.45, 2.75) is 49.8 Å². The number of hydrogen-bond acceptors (Lipinski definition) is 0. The summed E-state index contributed by atoms with van der Waals surface area (Å²) in [7, 11) is 0.470. The van der Waals surface area contributed by atoms with E-state index in [9.17, 15) is 0 Å². The Morgan fingerprint density at radius 3 is 1.50 bits per heavy atom. The first-order valence-corrected chi connectivity index (χ1v) is 6.52. The smallest absolute Gasteiger partial charge is 0.0209 e. The van der Waals surface area contributed by atoms with E-state index in [-0.39, 0.29) is 0 Å². The molecule has 0 bridgehead atoms. The minimum atomic E-state index is 0.470. The molecule has 0 heterocycles. The van der Waals surface area contributed by atoms with Crippen molar-refractivity contribution in [2.24, 2.45) is 0 Å². The third-order valence-corrected chi connectivity index (χ3v) is 6.64. The van der Waals surface area contributed by atoms with Crippen LogP contribution in [0.1, 0.15) is 38.5 Å². The molecule has 0 N–H and O–H groups in total. The summed E-state index contributed by atoms with van der Waals surface area (Å²) in [6.07, 6.45) is 9.34. The molecule has 0 amide bonds. The van der Waals surface area contributed by atoms with Gasteiger partial charge in [-0.25, -0.2) is 0 Å². The molecular weight excluding hydrogens is 139 g/mol. The van der Waals surface area contributed by atoms with Crippen LogP contribution >= 0.6 is 7.92 Å². The van der Waals surface area contributed by atoms with Crippen molar-refractivity contribution in [2.75, 3.05) is 6.66 Å². The van der Waals surface area contributed by atoms with Crippen LogP contribution in [0.2, 0.25) is 0 Å². The zero-order valence-electron chi connectivity index (χ0n) is 6.84. The first-order chi connectivity index (χ1) is 4.88. The molecule has 0 aliphatic heterocycles. The Bertz CT molecular complexity index is 99.9. The highest BCUT2D eigenvalue weighted by Crippen LogP contribution is 2.56. The summed E-state index contributed by atoms with van der Waals surface area (Å²) in [5.74, 6) is 0. The van der Waals surface area contributed by atoms with Crippen molar-refractivity contribution in [3.05, 3.63) is 0 Å². The van der Waals surface area contributed by atoms with E-state index in [4.69, 9.17) is 0 Å². The quantitative estimate of drug-likeness (QED) is 0.538. The summed E-state index contributed by atoms with van der Waals surface area (Å²) in [4.78, 5) is 0. The molecule has 0 radical (unpaired) electrons. The van der Waals surface area contributed by atoms with Gasteiger partial charge in [-0.2, -0.15) is 0 Å². The van der Waals surface area contributed by atoms with Crippen LogP contribution in [0, 0.1) is 0 Å². The topological polar surface area (TPSA) is 0 Å². The van der Waals surface area contributed by atoms with E-state index in [0.717, 1.165) is 0 Å². The van der Waals surface area contributed by atoms with Gasteiger partial charge in [0.25, 0.3) is 0 Å². The van der Waals surface area contributed by atoms with E-state index in [2.05, 4.69) is 6.66 Å². The zero-order chi connectivity index (χ0) is 6.97. The Kier molecular flexibility index (Phi) is 2.00. The molecule has 2 rings (SSSR count). The van der Waals surface area contributed by atoms with Crippen LogP contribution in [0.3, 0.4) is 0 Å². The summed E-state index contributed by atoms with van der Waals surface area (Å²) >= 11 is 0. The number of hydrogen-bond donors (Lipinski definition) is 0. The third-order valence-electron chi connectivity index (χ3n) is 3.30. The lowest BCUT2D eigenvalue weighted by atomic mass is 9.99. The molecule has 2 aliphatic rings. The SMILES string of the molecule is CP(C1CCC1)C1CCC1. The summed E-state index contributed by atoms with van der Waals surface area (Å²) in [5.41, 5.74) is 2.39. The molecule has 0 unspecified atom stereocenters. The van der Waals surface area contributed by atoms with Gasteiger partial charge in [-0.15, -0.1) is 7.92 Å². The lowest BCUT2D eigenvalue weighted by Crippen LogP contribution is -2.25. The predicted molar refractivity (Wildman–Crippen MR) is 48.1 cm³/mol. The summed E-state index contributed by atoms with van der Waals surface area (Å²) < 4.78 is 0. The third kappa shape index (κ3) is 1.11. The first-order valence-electron chi connectivity index (χ1n) is 4.60. The highest BCUT2D eigenvalue weighted by Gasteiger charge is 2.32. The second-order valence-electron chi connectivity index (χ2n) is 3.83. The Labute approximate surface area is 65.1 Å². The largest absolute Gasteiger partial charge is 0.104 e. The predicted octanol–water partition coefficient (Wildman–Crippen LogP) is 3.20. The van der Waals surface area contributed by atoms with E-state index in [1.54, 1.807) is 25.7 Å². The lowest BCUT2D eigenvalue weighted by Gasteiger charge is -2.41. The Morgan fingerprint density at radius 2 is 1.30 bits per heavy atom. The Hall–Kier alpha value is 0.430. The average molecular weight is 156 g/mol. The second-order valence-corrected chi connectivity index (χ2v) is 6.63. The monoisotopic (exact) mass is 156 g/mol. The van der Waals surface area contributed by atoms with Crippen molar-refractivity contribution >= 4 is 7.92 Å². The molecule has 2 fully saturated rings. The molecule has 0 aromatic carbocycles. The van der Waals surface area contributed by atoms with Crippen molar-refractivity contribution < 1.29 is 0 Å². The highest BCUT2D eigenvalue weighted by atomic mass is 31.1. The van der Waals surface area contributed by atoms with Crippen LogP contribution in [0.4, 0.5) is 0 Å². The minimum absolute atomic E-state index is 0.470. The second kappa shape index (κ2) is 2.81. The maximum absolute atomic E-state index is 2.54. The molecule has 0 spiro atoms. The van der Waals surface area contributed by atoms with Gasteiger partial charge in [0.15, 0.2) is 0 Å². The molecule has 0 aromatic heterocycles. The Balaban J connectivity index is 1.79. The fourth-order valence-electron chi connectivity index (χ4n) is 1.89. The summed E-state index contributed by atoms with van der Waals surface area (Å²) in [5, 5.41) is 0. The maximum Gasteiger partial charge on any atom is -0.0209 e. The molecule has 0 saturated heterocycles. The van der Waals surface area contributed by atoms with Gasteiger partial charge >= 0.3 is 0 Å². The average Bonchev–Trinajstić information content (AvgIpc) is 1.52. The molecule has 2 aliphatic carbocycles. The van der Waals surface area contributed by atoms with Crippen molar-refractivity contribution in [3.63, 3.8) is 0 Å². The van der Waals surface area contributed by atoms with Crippen LogP contribution in [-0.4, -0.2) is 18.0 Å². The van der Waals surface area contributed by atoms with Crippen molar-refractivity contribution in [3.8, 4) is 0 Å². The van der Waals surface area contributed by atoms with Gasteiger partial charge in [0.05, 0.1) is 0 Å². The lowest BCUT2D eigenvalue weighted by molar-refractivity contribution is 0.477. The zero-order valence-corrected chi connectivity index (χ0v) is 7.74. The molecular formula is C9H17P. The molecule has 10 heavy (non-hydrogen) atoms. The first kappa shape index (κ1) is 7.10. The van der Waals surface area contributed by atoms with Crippen LogP contribution in [0.5, 0.6) is 0 Å². The molecule has 1 heteroatoms. The van der Waals surface area contributed by atoms with Crippen LogP contribution in [0.25, 0.3) is 0 Å². The molecule has 0 nitrogen and oxygen atoms in total. The van der Waals surface area contributed by atoms with E-state index < -0.39 is 0 Å². The van der Waals surface area contributed by atoms with Gasteiger partial charge < -0.3 is 0 Å². The van der Waals surface area contributed by atoms with Gasteiger partial charge in [-0.3, -0.25) is 0 Å². The summed E-state index contributed by atoms with van der Waals surface area (Å²) in [6, 6.07) is 0. The fraction of sp³-hybridized carbons (Fsp3) is 1.00. The van der Waals surface area contributed by atoms with Gasteiger partial charge in [0.1, 0.15) is 0 Å². The van der Waals surface area contributed by atoms with Gasteiger partial charge in [-0.05, 0) is 43.7 Å². The molecule has 0 atom stereocenters. The Morgan fingerprint density at radius 1 is 0.900 bits per heavy atom. The van der Waals surface area contributed by atoms with E-state index in [1.165, 1.54) is 24.2 Å². The molecule has 0 aromatic rings. The van der Waals surface area contributed by atoms with Crippen LogP contribution < -0.4 is 0 Å². The van der Waals surface area contributed by atoms with Gasteiger partial charge in [0.2, 0.25) is 0 Å². The van der Waals surface area contributed by atoms with Crippen molar-refractivity contribution in [1.82, 2.24) is 0 Å². The van der Waals surface area contributed by atoms with Gasteiger partial charge in [-0.1, -0.05) is 12.8 Å². The van der Waals surface area contributed by atoms with E-state index in [1.807, 2.05) is 0 Å². The fourth-order valence-corrected chi connectivity index (χ4v) is 4.84. The van der Waals surface area contributed by atoms with Crippen LogP contribution in [0.15, 0.2) is 0 Å². The normalized spacial score (nSPS) is 28.2. The van der Waals surface area contributed by atoms with Crippen molar-refractivity contribution in [1.29, 1.82) is 0 Å². The van der Waals surface area contributed by atoms with Crippen LogP contribution in [-0.2, 0) is 0 Å².